The molecule has 0 saturated carbocycles. The van der Waals surface area contributed by atoms with Gasteiger partial charge in [0.15, 0.2) is 11.5 Å². The summed E-state index contributed by atoms with van der Waals surface area (Å²) < 4.78 is 12.8. The molecule has 0 spiro atoms. The summed E-state index contributed by atoms with van der Waals surface area (Å²) in [6.45, 7) is 0.210. The van der Waals surface area contributed by atoms with Crippen molar-refractivity contribution in [3.8, 4) is 11.5 Å². The van der Waals surface area contributed by atoms with Gasteiger partial charge in [0.1, 0.15) is 11.4 Å². The van der Waals surface area contributed by atoms with E-state index in [1.54, 1.807) is 6.20 Å². The van der Waals surface area contributed by atoms with Crippen LogP contribution < -0.4 is 9.47 Å². The average Bonchev–Trinajstić information content (AvgIpc) is 3.24. The van der Waals surface area contributed by atoms with Gasteiger partial charge in [0.05, 0.1) is 0 Å². The molecule has 122 valence electrons. The SMILES string of the molecule is Cn1ccnc1C[C@@](O)(c1ccccc1)c1ccc2c(c1)OCO2. The van der Waals surface area contributed by atoms with Crippen LogP contribution in [0.15, 0.2) is 60.9 Å². The number of hydrogen-bond donors (Lipinski definition) is 1. The lowest BCUT2D eigenvalue weighted by molar-refractivity contribution is 0.0779. The summed E-state index contributed by atoms with van der Waals surface area (Å²) in [4.78, 5) is 4.37. The van der Waals surface area contributed by atoms with Crippen molar-refractivity contribution in [2.45, 2.75) is 12.0 Å². The predicted molar refractivity (Wildman–Crippen MR) is 88.9 cm³/mol. The third-order valence-electron chi connectivity index (χ3n) is 4.44. The molecule has 0 saturated heterocycles. The van der Waals surface area contributed by atoms with Crippen LogP contribution in [0.3, 0.4) is 0 Å². The molecule has 2 heterocycles. The summed E-state index contributed by atoms with van der Waals surface area (Å²) in [5.41, 5.74) is 0.356. The summed E-state index contributed by atoms with van der Waals surface area (Å²) in [7, 11) is 1.92. The Morgan fingerprint density at radius 2 is 1.88 bits per heavy atom. The van der Waals surface area contributed by atoms with E-state index >= 15 is 0 Å². The van der Waals surface area contributed by atoms with Crippen LogP contribution in [0.25, 0.3) is 0 Å². The molecule has 5 heteroatoms. The van der Waals surface area contributed by atoms with Crippen molar-refractivity contribution in [1.82, 2.24) is 9.55 Å². The highest BCUT2D eigenvalue weighted by Crippen LogP contribution is 2.39. The van der Waals surface area contributed by atoms with Gasteiger partial charge in [-0.05, 0) is 23.3 Å². The van der Waals surface area contributed by atoms with E-state index in [0.717, 1.165) is 17.0 Å². The normalized spacial score (nSPS) is 15.2. The first-order valence-electron chi connectivity index (χ1n) is 7.81. The summed E-state index contributed by atoms with van der Waals surface area (Å²) in [5.74, 6) is 2.16. The number of rotatable bonds is 4. The summed E-state index contributed by atoms with van der Waals surface area (Å²) in [5, 5.41) is 11.6. The molecule has 5 nitrogen and oxygen atoms in total. The fourth-order valence-electron chi connectivity index (χ4n) is 3.03. The van der Waals surface area contributed by atoms with E-state index in [9.17, 15) is 5.11 Å². The van der Waals surface area contributed by atoms with Crippen molar-refractivity contribution in [2.75, 3.05) is 6.79 Å². The van der Waals surface area contributed by atoms with Crippen LogP contribution in [0.4, 0.5) is 0 Å². The van der Waals surface area contributed by atoms with E-state index in [-0.39, 0.29) is 6.79 Å². The molecule has 4 rings (SSSR count). The molecule has 0 amide bonds. The minimum absolute atomic E-state index is 0.210. The Bertz CT molecular complexity index is 860. The van der Waals surface area contributed by atoms with Crippen LogP contribution in [0.2, 0.25) is 0 Å². The monoisotopic (exact) mass is 322 g/mol. The Morgan fingerprint density at radius 1 is 1.08 bits per heavy atom. The molecule has 0 bridgehead atoms. The number of hydrogen-bond acceptors (Lipinski definition) is 4. The molecular weight excluding hydrogens is 304 g/mol. The van der Waals surface area contributed by atoms with Gasteiger partial charge in [0.25, 0.3) is 0 Å². The van der Waals surface area contributed by atoms with Gasteiger partial charge >= 0.3 is 0 Å². The van der Waals surface area contributed by atoms with E-state index in [1.807, 2.05) is 66.3 Å². The molecule has 1 atom stereocenters. The maximum atomic E-state index is 11.6. The highest BCUT2D eigenvalue weighted by Gasteiger charge is 2.34. The number of ether oxygens (including phenoxy) is 2. The predicted octanol–water partition coefficient (Wildman–Crippen LogP) is 2.63. The first-order chi connectivity index (χ1) is 11.7. The number of aromatic nitrogens is 2. The molecule has 24 heavy (non-hydrogen) atoms. The van der Waals surface area contributed by atoms with E-state index < -0.39 is 5.60 Å². The van der Waals surface area contributed by atoms with Crippen molar-refractivity contribution >= 4 is 0 Å². The van der Waals surface area contributed by atoms with Gasteiger partial charge < -0.3 is 19.1 Å². The van der Waals surface area contributed by atoms with Gasteiger partial charge in [0.2, 0.25) is 6.79 Å². The number of aliphatic hydroxyl groups is 1. The third kappa shape index (κ3) is 2.43. The number of imidazole rings is 1. The molecule has 0 fully saturated rings. The smallest absolute Gasteiger partial charge is 0.231 e. The Kier molecular flexibility index (Phi) is 3.50. The van der Waals surface area contributed by atoms with Crippen LogP contribution in [0, 0.1) is 0 Å². The molecule has 1 N–H and O–H groups in total. The minimum Gasteiger partial charge on any atom is -0.454 e. The lowest BCUT2D eigenvalue weighted by Crippen LogP contribution is -2.31. The van der Waals surface area contributed by atoms with Gasteiger partial charge in [-0.25, -0.2) is 4.98 Å². The first-order valence-corrected chi connectivity index (χ1v) is 7.81. The molecule has 0 radical (unpaired) electrons. The Hall–Kier alpha value is -2.79. The topological polar surface area (TPSA) is 56.5 Å². The van der Waals surface area contributed by atoms with Crippen LogP contribution in [-0.4, -0.2) is 21.5 Å². The van der Waals surface area contributed by atoms with Gasteiger partial charge in [-0.15, -0.1) is 0 Å². The molecule has 0 unspecified atom stereocenters. The highest BCUT2D eigenvalue weighted by molar-refractivity contribution is 5.49. The number of nitrogens with zero attached hydrogens (tertiary/aromatic N) is 2. The molecule has 0 aliphatic carbocycles. The Balaban J connectivity index is 1.83. The van der Waals surface area contributed by atoms with Crippen LogP contribution in [-0.2, 0) is 19.1 Å². The van der Waals surface area contributed by atoms with E-state index in [2.05, 4.69) is 4.98 Å². The van der Waals surface area contributed by atoms with E-state index in [1.165, 1.54) is 0 Å². The van der Waals surface area contributed by atoms with Gasteiger partial charge in [-0.3, -0.25) is 0 Å². The highest BCUT2D eigenvalue weighted by atomic mass is 16.7. The second-order valence-corrected chi connectivity index (χ2v) is 5.93. The quantitative estimate of drug-likeness (QED) is 0.802. The average molecular weight is 322 g/mol. The van der Waals surface area contributed by atoms with Crippen molar-refractivity contribution in [3.05, 3.63) is 77.9 Å². The van der Waals surface area contributed by atoms with Crippen molar-refractivity contribution in [1.29, 1.82) is 0 Å². The molecule has 2 aromatic carbocycles. The number of aryl methyl sites for hydroxylation is 1. The first kappa shape index (κ1) is 14.8. The standard InChI is InChI=1S/C19H18N2O3/c1-21-10-9-20-18(21)12-19(22,14-5-3-2-4-6-14)15-7-8-16-17(11-15)24-13-23-16/h2-11,22H,12-13H2,1H3/t19-/m1/s1. The van der Waals surface area contributed by atoms with Crippen molar-refractivity contribution < 1.29 is 14.6 Å². The molecule has 1 aliphatic rings. The fourth-order valence-corrected chi connectivity index (χ4v) is 3.03. The second kappa shape index (κ2) is 5.69. The van der Waals surface area contributed by atoms with Gasteiger partial charge in [-0.2, -0.15) is 0 Å². The molecule has 1 aromatic heterocycles. The van der Waals surface area contributed by atoms with E-state index in [4.69, 9.17) is 9.47 Å². The lowest BCUT2D eigenvalue weighted by Gasteiger charge is -2.29. The molecule has 1 aliphatic heterocycles. The third-order valence-corrected chi connectivity index (χ3v) is 4.44. The lowest BCUT2D eigenvalue weighted by atomic mass is 9.83. The van der Waals surface area contributed by atoms with Gasteiger partial charge in [-0.1, -0.05) is 36.4 Å². The fraction of sp³-hybridized carbons (Fsp3) is 0.211. The summed E-state index contributed by atoms with van der Waals surface area (Å²) in [6, 6.07) is 15.2. The van der Waals surface area contributed by atoms with Crippen LogP contribution >= 0.6 is 0 Å². The number of benzene rings is 2. The summed E-state index contributed by atoms with van der Waals surface area (Å²) in [6.07, 6.45) is 3.97. The summed E-state index contributed by atoms with van der Waals surface area (Å²) >= 11 is 0. The minimum atomic E-state index is -1.21. The van der Waals surface area contributed by atoms with Crippen molar-refractivity contribution in [2.24, 2.45) is 7.05 Å². The van der Waals surface area contributed by atoms with Gasteiger partial charge in [0, 0.05) is 25.9 Å². The Morgan fingerprint density at radius 3 is 2.62 bits per heavy atom. The Labute approximate surface area is 140 Å². The maximum Gasteiger partial charge on any atom is 0.231 e. The maximum absolute atomic E-state index is 11.6. The molecular formula is C19H18N2O3. The molecule has 3 aromatic rings. The largest absolute Gasteiger partial charge is 0.454 e. The second-order valence-electron chi connectivity index (χ2n) is 5.93. The zero-order valence-electron chi connectivity index (χ0n) is 13.3. The van der Waals surface area contributed by atoms with Crippen LogP contribution in [0.1, 0.15) is 17.0 Å². The zero-order valence-corrected chi connectivity index (χ0v) is 13.3. The van der Waals surface area contributed by atoms with Crippen LogP contribution in [0.5, 0.6) is 11.5 Å². The van der Waals surface area contributed by atoms with E-state index in [0.29, 0.717) is 17.9 Å². The zero-order chi connectivity index (χ0) is 16.6. The van der Waals surface area contributed by atoms with Crippen molar-refractivity contribution in [3.63, 3.8) is 0 Å². The number of fused-ring (bicyclic) bond motifs is 1.